The zero-order valence-electron chi connectivity index (χ0n) is 12.6. The molecule has 0 amide bonds. The van der Waals surface area contributed by atoms with Crippen molar-refractivity contribution in [2.24, 2.45) is 5.92 Å². The molecule has 0 saturated heterocycles. The standard InChI is InChI=1S/C16H31NO/c1-15(2)12-10-8-6-4-5-7-9-11-13-18-16(3)14-17/h15-16H,4-13H2,1-3H3. The lowest BCUT2D eigenvalue weighted by Gasteiger charge is -2.06. The molecule has 0 spiro atoms. The Labute approximate surface area is 114 Å². The third-order valence-corrected chi connectivity index (χ3v) is 3.23. The summed E-state index contributed by atoms with van der Waals surface area (Å²) < 4.78 is 5.31. The van der Waals surface area contributed by atoms with Crippen molar-refractivity contribution in [2.45, 2.75) is 84.7 Å². The van der Waals surface area contributed by atoms with Gasteiger partial charge in [0.05, 0.1) is 6.07 Å². The number of nitrogens with zero attached hydrogens (tertiary/aromatic N) is 1. The number of nitriles is 1. The van der Waals surface area contributed by atoms with E-state index in [2.05, 4.69) is 19.9 Å². The van der Waals surface area contributed by atoms with Crippen molar-refractivity contribution in [2.75, 3.05) is 6.61 Å². The van der Waals surface area contributed by atoms with Gasteiger partial charge in [-0.25, -0.2) is 0 Å². The number of ether oxygens (including phenoxy) is 1. The molecule has 0 N–H and O–H groups in total. The first kappa shape index (κ1) is 17.4. The average molecular weight is 253 g/mol. The smallest absolute Gasteiger partial charge is 0.141 e. The predicted molar refractivity (Wildman–Crippen MR) is 77.4 cm³/mol. The summed E-state index contributed by atoms with van der Waals surface area (Å²) in [5.74, 6) is 0.862. The molecule has 0 aliphatic heterocycles. The lowest BCUT2D eigenvalue weighted by molar-refractivity contribution is 0.0984. The highest BCUT2D eigenvalue weighted by atomic mass is 16.5. The van der Waals surface area contributed by atoms with Crippen LogP contribution in [0.2, 0.25) is 0 Å². The van der Waals surface area contributed by atoms with Gasteiger partial charge >= 0.3 is 0 Å². The molecule has 0 saturated carbocycles. The van der Waals surface area contributed by atoms with Gasteiger partial charge in [-0.2, -0.15) is 5.26 Å². The van der Waals surface area contributed by atoms with E-state index in [1.54, 1.807) is 6.92 Å². The summed E-state index contributed by atoms with van der Waals surface area (Å²) in [5, 5.41) is 8.54. The lowest BCUT2D eigenvalue weighted by Crippen LogP contribution is -2.05. The van der Waals surface area contributed by atoms with Gasteiger partial charge in [0.25, 0.3) is 0 Å². The van der Waals surface area contributed by atoms with Crippen LogP contribution in [0.15, 0.2) is 0 Å². The molecule has 0 heterocycles. The maximum absolute atomic E-state index is 8.54. The fraction of sp³-hybridized carbons (Fsp3) is 0.938. The summed E-state index contributed by atoms with van der Waals surface area (Å²) >= 11 is 0. The quantitative estimate of drug-likeness (QED) is 0.454. The van der Waals surface area contributed by atoms with Crippen molar-refractivity contribution in [1.82, 2.24) is 0 Å². The largest absolute Gasteiger partial charge is 0.364 e. The van der Waals surface area contributed by atoms with Crippen LogP contribution in [0.5, 0.6) is 0 Å². The molecule has 0 aromatic carbocycles. The number of hydrogen-bond donors (Lipinski definition) is 0. The summed E-state index contributed by atoms with van der Waals surface area (Å²) in [7, 11) is 0. The summed E-state index contributed by atoms with van der Waals surface area (Å²) in [4.78, 5) is 0. The van der Waals surface area contributed by atoms with E-state index in [-0.39, 0.29) is 6.10 Å². The van der Waals surface area contributed by atoms with E-state index in [4.69, 9.17) is 10.00 Å². The second-order valence-corrected chi connectivity index (χ2v) is 5.65. The summed E-state index contributed by atoms with van der Waals surface area (Å²) in [6, 6.07) is 2.08. The first-order valence-electron chi connectivity index (χ1n) is 7.68. The third-order valence-electron chi connectivity index (χ3n) is 3.23. The van der Waals surface area contributed by atoms with Crippen LogP contribution < -0.4 is 0 Å². The molecule has 0 radical (unpaired) electrons. The maximum atomic E-state index is 8.54. The Morgan fingerprint density at radius 1 is 0.833 bits per heavy atom. The Balaban J connectivity index is 3.01. The SMILES string of the molecule is CC(C)CCCCCCCCCCOC(C)C#N. The van der Waals surface area contributed by atoms with Crippen LogP contribution in [-0.2, 0) is 4.74 Å². The van der Waals surface area contributed by atoms with Crippen LogP contribution in [0.4, 0.5) is 0 Å². The van der Waals surface area contributed by atoms with E-state index in [0.717, 1.165) is 18.9 Å². The molecule has 0 aromatic heterocycles. The minimum absolute atomic E-state index is 0.244. The minimum Gasteiger partial charge on any atom is -0.364 e. The van der Waals surface area contributed by atoms with Gasteiger partial charge in [-0.05, 0) is 19.3 Å². The Morgan fingerprint density at radius 2 is 1.33 bits per heavy atom. The van der Waals surface area contributed by atoms with E-state index in [1.807, 2.05) is 0 Å². The Bertz CT molecular complexity index is 208. The Morgan fingerprint density at radius 3 is 1.83 bits per heavy atom. The van der Waals surface area contributed by atoms with Crippen LogP contribution in [0, 0.1) is 17.2 Å². The summed E-state index contributed by atoms with van der Waals surface area (Å²) in [6.45, 7) is 7.14. The predicted octanol–water partition coefficient (Wildman–Crippen LogP) is 5.08. The van der Waals surface area contributed by atoms with Crippen molar-refractivity contribution in [3.8, 4) is 6.07 Å². The lowest BCUT2D eigenvalue weighted by atomic mass is 10.0. The molecule has 0 bridgehead atoms. The minimum atomic E-state index is -0.244. The van der Waals surface area contributed by atoms with E-state index in [0.29, 0.717) is 0 Å². The zero-order valence-corrected chi connectivity index (χ0v) is 12.6. The number of rotatable bonds is 12. The fourth-order valence-electron chi connectivity index (χ4n) is 2.01. The first-order valence-corrected chi connectivity index (χ1v) is 7.68. The number of unbranched alkanes of at least 4 members (excludes halogenated alkanes) is 7. The van der Waals surface area contributed by atoms with Crippen molar-refractivity contribution in [1.29, 1.82) is 5.26 Å². The highest BCUT2D eigenvalue weighted by Gasteiger charge is 1.98. The fourth-order valence-corrected chi connectivity index (χ4v) is 2.01. The molecule has 2 nitrogen and oxygen atoms in total. The van der Waals surface area contributed by atoms with Crippen LogP contribution >= 0.6 is 0 Å². The van der Waals surface area contributed by atoms with Crippen molar-refractivity contribution < 1.29 is 4.74 Å². The van der Waals surface area contributed by atoms with Crippen molar-refractivity contribution in [3.05, 3.63) is 0 Å². The van der Waals surface area contributed by atoms with Crippen LogP contribution in [0.3, 0.4) is 0 Å². The molecule has 106 valence electrons. The molecular formula is C16H31NO. The molecule has 0 rings (SSSR count). The van der Waals surface area contributed by atoms with Gasteiger partial charge in [0.1, 0.15) is 6.10 Å². The van der Waals surface area contributed by atoms with Gasteiger partial charge in [-0.15, -0.1) is 0 Å². The molecule has 1 unspecified atom stereocenters. The first-order chi connectivity index (χ1) is 8.66. The van der Waals surface area contributed by atoms with Gasteiger partial charge < -0.3 is 4.74 Å². The van der Waals surface area contributed by atoms with Crippen molar-refractivity contribution >= 4 is 0 Å². The maximum Gasteiger partial charge on any atom is 0.141 e. The Kier molecular flexibility index (Phi) is 12.5. The van der Waals surface area contributed by atoms with E-state index >= 15 is 0 Å². The van der Waals surface area contributed by atoms with Gasteiger partial charge in [-0.3, -0.25) is 0 Å². The highest BCUT2D eigenvalue weighted by molar-refractivity contribution is 4.78. The average Bonchev–Trinajstić information content (AvgIpc) is 2.35. The number of hydrogen-bond acceptors (Lipinski definition) is 2. The molecule has 2 heteroatoms. The van der Waals surface area contributed by atoms with Gasteiger partial charge in [0, 0.05) is 6.61 Å². The van der Waals surface area contributed by atoms with E-state index in [9.17, 15) is 0 Å². The molecule has 0 aliphatic carbocycles. The zero-order chi connectivity index (χ0) is 13.6. The molecular weight excluding hydrogens is 222 g/mol. The van der Waals surface area contributed by atoms with Crippen LogP contribution in [0.1, 0.15) is 78.6 Å². The second-order valence-electron chi connectivity index (χ2n) is 5.65. The monoisotopic (exact) mass is 253 g/mol. The second kappa shape index (κ2) is 12.9. The third kappa shape index (κ3) is 13.5. The molecule has 18 heavy (non-hydrogen) atoms. The van der Waals surface area contributed by atoms with E-state index < -0.39 is 0 Å². The van der Waals surface area contributed by atoms with Crippen LogP contribution in [-0.4, -0.2) is 12.7 Å². The van der Waals surface area contributed by atoms with Gasteiger partial charge in [0.15, 0.2) is 0 Å². The van der Waals surface area contributed by atoms with Gasteiger partial charge in [0.2, 0.25) is 0 Å². The molecule has 0 aromatic rings. The van der Waals surface area contributed by atoms with Crippen molar-refractivity contribution in [3.63, 3.8) is 0 Å². The van der Waals surface area contributed by atoms with E-state index in [1.165, 1.54) is 51.4 Å². The summed E-state index contributed by atoms with van der Waals surface area (Å²) in [6.07, 6.45) is 11.7. The topological polar surface area (TPSA) is 33.0 Å². The highest BCUT2D eigenvalue weighted by Crippen LogP contribution is 2.12. The molecule has 0 fully saturated rings. The molecule has 0 aliphatic rings. The normalized spacial score (nSPS) is 12.6. The Hall–Kier alpha value is -0.550. The molecule has 1 atom stereocenters. The van der Waals surface area contributed by atoms with Crippen LogP contribution in [0.25, 0.3) is 0 Å². The van der Waals surface area contributed by atoms with Gasteiger partial charge in [-0.1, -0.05) is 65.2 Å². The summed E-state index contributed by atoms with van der Waals surface area (Å²) in [5.41, 5.74) is 0.